The fraction of sp³-hybridized carbons (Fsp3) is 0.917. The third-order valence-corrected chi connectivity index (χ3v) is 2.40. The molecule has 0 aliphatic heterocycles. The van der Waals surface area contributed by atoms with Crippen molar-refractivity contribution in [2.75, 3.05) is 13.2 Å². The van der Waals surface area contributed by atoms with Crippen molar-refractivity contribution in [1.29, 1.82) is 0 Å². The zero-order valence-electron chi connectivity index (χ0n) is 9.25. The first-order valence-electron chi connectivity index (χ1n) is 5.95. The van der Waals surface area contributed by atoms with Gasteiger partial charge in [-0.05, 0) is 19.3 Å². The lowest BCUT2D eigenvalue weighted by atomic mass is 10.1. The minimum Gasteiger partial charge on any atom is -0.396 e. The van der Waals surface area contributed by atoms with Gasteiger partial charge in [-0.15, -0.1) is 0 Å². The van der Waals surface area contributed by atoms with Gasteiger partial charge < -0.3 is 10.2 Å². The molecular formula is C12H25O2. The maximum Gasteiger partial charge on any atom is 0.0433 e. The maximum atomic E-state index is 8.56. The van der Waals surface area contributed by atoms with Crippen molar-refractivity contribution in [3.63, 3.8) is 0 Å². The monoisotopic (exact) mass is 201 g/mol. The second kappa shape index (κ2) is 12.9. The zero-order chi connectivity index (χ0) is 10.5. The van der Waals surface area contributed by atoms with Crippen LogP contribution in [0.15, 0.2) is 0 Å². The summed E-state index contributed by atoms with van der Waals surface area (Å²) in [5.41, 5.74) is 0. The molecule has 2 heteroatoms. The van der Waals surface area contributed by atoms with E-state index < -0.39 is 0 Å². The molecule has 2 nitrogen and oxygen atoms in total. The van der Waals surface area contributed by atoms with Crippen molar-refractivity contribution in [1.82, 2.24) is 0 Å². The molecular weight excluding hydrogens is 176 g/mol. The summed E-state index contributed by atoms with van der Waals surface area (Å²) in [6.45, 7) is 0.636. The maximum absolute atomic E-state index is 8.56. The number of unbranched alkanes of at least 4 members (excludes halogenated alkanes) is 9. The van der Waals surface area contributed by atoms with Crippen LogP contribution in [0, 0.1) is 6.42 Å². The van der Waals surface area contributed by atoms with Crippen LogP contribution in [0.3, 0.4) is 0 Å². The minimum absolute atomic E-state index is 0.293. The second-order valence-electron chi connectivity index (χ2n) is 3.79. The predicted octanol–water partition coefficient (Wildman–Crippen LogP) is 2.69. The van der Waals surface area contributed by atoms with Gasteiger partial charge in [-0.3, -0.25) is 0 Å². The van der Waals surface area contributed by atoms with Crippen LogP contribution in [0.1, 0.15) is 57.8 Å². The largest absolute Gasteiger partial charge is 0.396 e. The van der Waals surface area contributed by atoms with E-state index in [0.29, 0.717) is 13.2 Å². The van der Waals surface area contributed by atoms with E-state index in [0.717, 1.165) is 19.3 Å². The Kier molecular flexibility index (Phi) is 12.8. The van der Waals surface area contributed by atoms with Gasteiger partial charge in [0.15, 0.2) is 0 Å². The summed E-state index contributed by atoms with van der Waals surface area (Å²) in [6.07, 6.45) is 12.8. The zero-order valence-corrected chi connectivity index (χ0v) is 9.25. The van der Waals surface area contributed by atoms with Crippen LogP contribution in [0.4, 0.5) is 0 Å². The van der Waals surface area contributed by atoms with E-state index in [1.165, 1.54) is 38.5 Å². The molecule has 0 aliphatic rings. The fourth-order valence-electron chi connectivity index (χ4n) is 1.52. The van der Waals surface area contributed by atoms with Crippen molar-refractivity contribution >= 4 is 0 Å². The molecule has 0 amide bonds. The normalized spacial score (nSPS) is 10.7. The van der Waals surface area contributed by atoms with Crippen LogP contribution in [0.2, 0.25) is 0 Å². The average Bonchev–Trinajstić information content (AvgIpc) is 2.21. The van der Waals surface area contributed by atoms with E-state index in [4.69, 9.17) is 10.2 Å². The smallest absolute Gasteiger partial charge is 0.0433 e. The Morgan fingerprint density at radius 1 is 0.571 bits per heavy atom. The van der Waals surface area contributed by atoms with Crippen molar-refractivity contribution in [2.24, 2.45) is 0 Å². The first-order chi connectivity index (χ1) is 6.91. The van der Waals surface area contributed by atoms with Crippen LogP contribution in [0.25, 0.3) is 0 Å². The summed E-state index contributed by atoms with van der Waals surface area (Å²) in [6, 6.07) is 0. The third kappa shape index (κ3) is 11.9. The topological polar surface area (TPSA) is 40.5 Å². The quantitative estimate of drug-likeness (QED) is 0.505. The van der Waals surface area contributed by atoms with Gasteiger partial charge in [0.1, 0.15) is 0 Å². The highest BCUT2D eigenvalue weighted by atomic mass is 16.3. The third-order valence-electron chi connectivity index (χ3n) is 2.40. The number of rotatable bonds is 11. The predicted molar refractivity (Wildman–Crippen MR) is 60.0 cm³/mol. The van der Waals surface area contributed by atoms with Crippen LogP contribution >= 0.6 is 0 Å². The summed E-state index contributed by atoms with van der Waals surface area (Å²) in [5, 5.41) is 17.1. The van der Waals surface area contributed by atoms with Crippen molar-refractivity contribution in [2.45, 2.75) is 57.8 Å². The lowest BCUT2D eigenvalue weighted by molar-refractivity contribution is 0.282. The minimum atomic E-state index is 0.293. The van der Waals surface area contributed by atoms with Crippen molar-refractivity contribution < 1.29 is 10.2 Å². The standard InChI is InChI=1S/C12H25O2/c13-11-9-7-5-3-1-2-4-6-8-10-12-14/h7,13-14H,1-6,8-12H2. The molecule has 85 valence electrons. The molecule has 0 aromatic rings. The molecule has 0 rings (SSSR count). The summed E-state index contributed by atoms with van der Waals surface area (Å²) < 4.78 is 0. The van der Waals surface area contributed by atoms with E-state index in [1.807, 2.05) is 0 Å². The highest BCUT2D eigenvalue weighted by Gasteiger charge is 1.92. The molecule has 0 bridgehead atoms. The van der Waals surface area contributed by atoms with E-state index in [-0.39, 0.29) is 0 Å². The molecule has 0 spiro atoms. The van der Waals surface area contributed by atoms with Gasteiger partial charge in [-0.25, -0.2) is 0 Å². The van der Waals surface area contributed by atoms with Gasteiger partial charge in [0.05, 0.1) is 0 Å². The molecule has 0 saturated heterocycles. The first kappa shape index (κ1) is 13.9. The summed E-state index contributed by atoms with van der Waals surface area (Å²) in [5.74, 6) is 0. The van der Waals surface area contributed by atoms with Crippen LogP contribution in [0.5, 0.6) is 0 Å². The lowest BCUT2D eigenvalue weighted by Crippen LogP contribution is -1.86. The van der Waals surface area contributed by atoms with Crippen molar-refractivity contribution in [3.05, 3.63) is 6.42 Å². The van der Waals surface area contributed by atoms with E-state index >= 15 is 0 Å². The highest BCUT2D eigenvalue weighted by molar-refractivity contribution is 4.63. The van der Waals surface area contributed by atoms with Crippen molar-refractivity contribution in [3.8, 4) is 0 Å². The van der Waals surface area contributed by atoms with Gasteiger partial charge in [0.25, 0.3) is 0 Å². The van der Waals surface area contributed by atoms with Gasteiger partial charge in [-0.1, -0.05) is 44.9 Å². The van der Waals surface area contributed by atoms with Crippen LogP contribution in [-0.4, -0.2) is 23.4 Å². The molecule has 0 unspecified atom stereocenters. The van der Waals surface area contributed by atoms with Crippen LogP contribution in [-0.2, 0) is 0 Å². The summed E-state index contributed by atoms with van der Waals surface area (Å²) in [4.78, 5) is 0. The Labute approximate surface area is 88.3 Å². The number of aliphatic hydroxyl groups excluding tert-OH is 2. The van der Waals surface area contributed by atoms with Gasteiger partial charge in [-0.2, -0.15) is 0 Å². The summed E-state index contributed by atoms with van der Waals surface area (Å²) in [7, 11) is 0. The van der Waals surface area contributed by atoms with Crippen LogP contribution < -0.4 is 0 Å². The Bertz CT molecular complexity index is 82.3. The van der Waals surface area contributed by atoms with Gasteiger partial charge in [0.2, 0.25) is 0 Å². The Morgan fingerprint density at radius 2 is 1.14 bits per heavy atom. The SMILES string of the molecule is OCC[CH]CCCCCCCCCO. The Hall–Kier alpha value is -0.0800. The van der Waals surface area contributed by atoms with E-state index in [2.05, 4.69) is 6.42 Å². The molecule has 14 heavy (non-hydrogen) atoms. The Balaban J connectivity index is 2.78. The molecule has 0 saturated carbocycles. The highest BCUT2D eigenvalue weighted by Crippen LogP contribution is 2.09. The molecule has 1 radical (unpaired) electrons. The van der Waals surface area contributed by atoms with Gasteiger partial charge >= 0.3 is 0 Å². The number of hydrogen-bond donors (Lipinski definition) is 2. The Morgan fingerprint density at radius 3 is 1.71 bits per heavy atom. The molecule has 0 fully saturated rings. The molecule has 0 aliphatic carbocycles. The molecule has 0 heterocycles. The number of hydrogen-bond acceptors (Lipinski definition) is 2. The molecule has 0 atom stereocenters. The molecule has 0 aromatic carbocycles. The van der Waals surface area contributed by atoms with Gasteiger partial charge in [0, 0.05) is 13.2 Å². The summed E-state index contributed by atoms with van der Waals surface area (Å²) >= 11 is 0. The number of aliphatic hydroxyl groups is 2. The second-order valence-corrected chi connectivity index (χ2v) is 3.79. The molecule has 2 N–H and O–H groups in total. The fourth-order valence-corrected chi connectivity index (χ4v) is 1.52. The van der Waals surface area contributed by atoms with E-state index in [9.17, 15) is 0 Å². The molecule has 0 aromatic heterocycles. The van der Waals surface area contributed by atoms with E-state index in [1.54, 1.807) is 0 Å². The first-order valence-corrected chi connectivity index (χ1v) is 5.95. The average molecular weight is 201 g/mol. The lowest BCUT2D eigenvalue weighted by Gasteiger charge is -2.01.